The van der Waals surface area contributed by atoms with Gasteiger partial charge in [0.25, 0.3) is 0 Å². The smallest absolute Gasteiger partial charge is 0.234 e. The summed E-state index contributed by atoms with van der Waals surface area (Å²) < 4.78 is 11.7. The molecule has 1 aliphatic carbocycles. The lowest BCUT2D eigenvalue weighted by atomic mass is 9.71. The van der Waals surface area contributed by atoms with E-state index in [0.717, 1.165) is 18.0 Å². The molecule has 5 nitrogen and oxygen atoms in total. The largest absolute Gasteiger partial charge is 0.486 e. The molecule has 1 spiro atoms. The van der Waals surface area contributed by atoms with Crippen LogP contribution < -0.4 is 14.8 Å². The van der Waals surface area contributed by atoms with E-state index in [1.807, 2.05) is 20.8 Å². The van der Waals surface area contributed by atoms with Gasteiger partial charge in [-0.2, -0.15) is 0 Å². The van der Waals surface area contributed by atoms with Gasteiger partial charge in [-0.3, -0.25) is 9.69 Å². The fraction of sp³-hybridized carbons (Fsp3) is 0.682. The molecule has 1 N–H and O–H groups in total. The molecule has 4 rings (SSSR count). The number of fused-ring (bicyclic) bond motifs is 3. The summed E-state index contributed by atoms with van der Waals surface area (Å²) in [6, 6.07) is 4.59. The third-order valence-corrected chi connectivity index (χ3v) is 6.21. The average Bonchev–Trinajstić information content (AvgIpc) is 3.06. The first-order valence-electron chi connectivity index (χ1n) is 10.3. The van der Waals surface area contributed by atoms with Crippen molar-refractivity contribution < 1.29 is 14.3 Å². The molecule has 5 heteroatoms. The van der Waals surface area contributed by atoms with Gasteiger partial charge >= 0.3 is 0 Å². The van der Waals surface area contributed by atoms with E-state index in [2.05, 4.69) is 29.3 Å². The van der Waals surface area contributed by atoms with Crippen LogP contribution in [0.5, 0.6) is 11.5 Å². The highest BCUT2D eigenvalue weighted by molar-refractivity contribution is 5.79. The number of rotatable bonds is 2. The third kappa shape index (κ3) is 3.54. The fourth-order valence-electron chi connectivity index (χ4n) is 5.03. The molecule has 3 aliphatic rings. The number of ether oxygens (including phenoxy) is 2. The quantitative estimate of drug-likeness (QED) is 0.862. The van der Waals surface area contributed by atoms with Crippen molar-refractivity contribution in [2.45, 2.75) is 70.4 Å². The van der Waals surface area contributed by atoms with Crippen molar-refractivity contribution in [3.8, 4) is 11.5 Å². The second kappa shape index (κ2) is 6.69. The molecule has 0 bridgehead atoms. The number of carbonyl (C=O) groups excluding carboxylic acids is 1. The van der Waals surface area contributed by atoms with Crippen molar-refractivity contribution in [3.05, 3.63) is 23.3 Å². The summed E-state index contributed by atoms with van der Waals surface area (Å²) in [5.41, 5.74) is 2.66. The van der Waals surface area contributed by atoms with Gasteiger partial charge in [0.1, 0.15) is 13.2 Å². The van der Waals surface area contributed by atoms with Crippen LogP contribution in [0.25, 0.3) is 0 Å². The van der Waals surface area contributed by atoms with E-state index in [-0.39, 0.29) is 22.9 Å². The second-order valence-electron chi connectivity index (χ2n) is 9.45. The van der Waals surface area contributed by atoms with Crippen molar-refractivity contribution >= 4 is 5.91 Å². The molecule has 2 heterocycles. The summed E-state index contributed by atoms with van der Waals surface area (Å²) >= 11 is 0. The SMILES string of the molecule is CC1c2cc3c(cc2C2(CCCC2)CN1CC(=O)NC(C)(C)C)OCCO3. The summed E-state index contributed by atoms with van der Waals surface area (Å²) in [6.07, 6.45) is 4.88. The monoisotopic (exact) mass is 372 g/mol. The van der Waals surface area contributed by atoms with Crippen molar-refractivity contribution in [3.63, 3.8) is 0 Å². The van der Waals surface area contributed by atoms with Gasteiger partial charge in [-0.25, -0.2) is 0 Å². The van der Waals surface area contributed by atoms with E-state index < -0.39 is 0 Å². The number of nitrogens with one attached hydrogen (secondary N) is 1. The standard InChI is InChI=1S/C22H32N2O3/c1-15-16-11-18-19(27-10-9-26-18)12-17(16)22(7-5-6-8-22)14-24(15)13-20(25)23-21(2,3)4/h11-12,15H,5-10,13-14H2,1-4H3,(H,23,25). The molecular weight excluding hydrogens is 340 g/mol. The van der Waals surface area contributed by atoms with Crippen molar-refractivity contribution in [1.29, 1.82) is 0 Å². The van der Waals surface area contributed by atoms with Gasteiger partial charge in [0, 0.05) is 23.5 Å². The highest BCUT2D eigenvalue weighted by atomic mass is 16.6. The molecular formula is C22H32N2O3. The lowest BCUT2D eigenvalue weighted by Crippen LogP contribution is -2.51. The molecule has 1 aromatic carbocycles. The first kappa shape index (κ1) is 18.6. The molecule has 148 valence electrons. The highest BCUT2D eigenvalue weighted by Crippen LogP contribution is 2.51. The Morgan fingerprint density at radius 1 is 1.19 bits per heavy atom. The molecule has 1 aromatic rings. The number of hydrogen-bond donors (Lipinski definition) is 1. The Balaban J connectivity index is 1.67. The lowest BCUT2D eigenvalue weighted by molar-refractivity contribution is -0.124. The molecule has 0 saturated heterocycles. The van der Waals surface area contributed by atoms with Crippen LogP contribution in [0.2, 0.25) is 0 Å². The molecule has 1 unspecified atom stereocenters. The molecule has 27 heavy (non-hydrogen) atoms. The molecule has 1 saturated carbocycles. The van der Waals surface area contributed by atoms with Crippen LogP contribution in [0.3, 0.4) is 0 Å². The third-order valence-electron chi connectivity index (χ3n) is 6.21. The predicted octanol–water partition coefficient (Wildman–Crippen LogP) is 3.56. The Morgan fingerprint density at radius 2 is 1.81 bits per heavy atom. The van der Waals surface area contributed by atoms with Gasteiger partial charge in [0.05, 0.1) is 6.54 Å². The summed E-state index contributed by atoms with van der Waals surface area (Å²) in [7, 11) is 0. The number of carbonyl (C=O) groups is 1. The molecule has 1 fully saturated rings. The van der Waals surface area contributed by atoms with Gasteiger partial charge in [-0.15, -0.1) is 0 Å². The minimum atomic E-state index is -0.205. The Morgan fingerprint density at radius 3 is 2.44 bits per heavy atom. The van der Waals surface area contributed by atoms with Gasteiger partial charge < -0.3 is 14.8 Å². The normalized spacial score (nSPS) is 23.9. The summed E-state index contributed by atoms with van der Waals surface area (Å²) in [4.78, 5) is 15.0. The van der Waals surface area contributed by atoms with Crippen molar-refractivity contribution in [2.75, 3.05) is 26.3 Å². The van der Waals surface area contributed by atoms with Crippen molar-refractivity contribution in [2.24, 2.45) is 0 Å². The topological polar surface area (TPSA) is 50.8 Å². The predicted molar refractivity (Wildman–Crippen MR) is 105 cm³/mol. The Labute approximate surface area is 162 Å². The van der Waals surface area contributed by atoms with Gasteiger partial charge in [-0.1, -0.05) is 12.8 Å². The van der Waals surface area contributed by atoms with Crippen LogP contribution in [0.15, 0.2) is 12.1 Å². The number of nitrogens with zero attached hydrogens (tertiary/aromatic N) is 1. The zero-order chi connectivity index (χ0) is 19.2. The summed E-state index contributed by atoms with van der Waals surface area (Å²) in [5, 5.41) is 3.11. The van der Waals surface area contributed by atoms with E-state index in [9.17, 15) is 4.79 Å². The van der Waals surface area contributed by atoms with Crippen LogP contribution in [-0.2, 0) is 10.2 Å². The average molecular weight is 373 g/mol. The number of hydrogen-bond acceptors (Lipinski definition) is 4. The molecule has 1 amide bonds. The molecule has 0 aromatic heterocycles. The maximum atomic E-state index is 12.6. The molecule has 1 atom stereocenters. The van der Waals surface area contributed by atoms with Gasteiger partial charge in [0.2, 0.25) is 5.91 Å². The first-order valence-corrected chi connectivity index (χ1v) is 10.3. The van der Waals surface area contributed by atoms with E-state index in [0.29, 0.717) is 19.8 Å². The fourth-order valence-corrected chi connectivity index (χ4v) is 5.03. The van der Waals surface area contributed by atoms with E-state index in [4.69, 9.17) is 9.47 Å². The minimum absolute atomic E-state index is 0.100. The van der Waals surface area contributed by atoms with Crippen LogP contribution in [-0.4, -0.2) is 42.6 Å². The van der Waals surface area contributed by atoms with Crippen LogP contribution in [0.1, 0.15) is 70.5 Å². The van der Waals surface area contributed by atoms with E-state index in [1.54, 1.807) is 0 Å². The van der Waals surface area contributed by atoms with E-state index in [1.165, 1.54) is 36.8 Å². The van der Waals surface area contributed by atoms with Crippen LogP contribution >= 0.6 is 0 Å². The molecule has 0 radical (unpaired) electrons. The zero-order valence-electron chi connectivity index (χ0n) is 17.1. The minimum Gasteiger partial charge on any atom is -0.486 e. The Hall–Kier alpha value is -1.75. The van der Waals surface area contributed by atoms with Crippen LogP contribution in [0.4, 0.5) is 0 Å². The van der Waals surface area contributed by atoms with Crippen LogP contribution in [0, 0.1) is 0 Å². The first-order chi connectivity index (χ1) is 12.8. The Kier molecular flexibility index (Phi) is 4.61. The van der Waals surface area contributed by atoms with E-state index >= 15 is 0 Å². The lowest BCUT2D eigenvalue weighted by Gasteiger charge is -2.46. The maximum Gasteiger partial charge on any atom is 0.234 e. The van der Waals surface area contributed by atoms with Gasteiger partial charge in [0.15, 0.2) is 11.5 Å². The molecule has 2 aliphatic heterocycles. The second-order valence-corrected chi connectivity index (χ2v) is 9.45. The highest BCUT2D eigenvalue weighted by Gasteiger charge is 2.45. The number of amides is 1. The maximum absolute atomic E-state index is 12.6. The van der Waals surface area contributed by atoms with Crippen molar-refractivity contribution in [1.82, 2.24) is 10.2 Å². The number of benzene rings is 1. The zero-order valence-corrected chi connectivity index (χ0v) is 17.1. The summed E-state index contributed by atoms with van der Waals surface area (Å²) in [5.74, 6) is 1.84. The summed E-state index contributed by atoms with van der Waals surface area (Å²) in [6.45, 7) is 10.9. The van der Waals surface area contributed by atoms with Gasteiger partial charge in [-0.05, 0) is 63.8 Å². The Bertz CT molecular complexity index is 732.